The number of thioether (sulfide) groups is 1. The van der Waals surface area contributed by atoms with Crippen LogP contribution in [0.4, 0.5) is 0 Å². The maximum Gasteiger partial charge on any atom is 0.0991 e. The number of nitrogens with zero attached hydrogens (tertiary/aromatic N) is 2. The van der Waals surface area contributed by atoms with E-state index in [0.29, 0.717) is 17.0 Å². The first-order chi connectivity index (χ1) is 16.1. The first kappa shape index (κ1) is 27.5. The van der Waals surface area contributed by atoms with Crippen LogP contribution in [0.25, 0.3) is 10.8 Å². The summed E-state index contributed by atoms with van der Waals surface area (Å²) >= 11 is 1.82. The van der Waals surface area contributed by atoms with Gasteiger partial charge in [0, 0.05) is 4.90 Å². The van der Waals surface area contributed by atoms with Gasteiger partial charge in [-0.25, -0.2) is 0 Å². The van der Waals surface area contributed by atoms with Crippen molar-refractivity contribution in [2.24, 2.45) is 0 Å². The maximum absolute atomic E-state index is 8.65. The Balaban J connectivity index is 0.000000243. The zero-order chi connectivity index (χ0) is 24.5. The standard InChI is InChI=1S/C11H7N.C10H14S.C7H5N.C2H6/c12-8-9-5-6-10-3-1-2-4-11(10)7-9;1-8(2)9-6-4-5-7-10(9)11-3;8-6-7-4-2-1-3-5-7;1-2/h1-7H;4-8H,1-3H3;1-5H;1-2H3. The van der Waals surface area contributed by atoms with Crippen molar-refractivity contribution in [3.8, 4) is 12.1 Å². The third-order valence-corrected chi connectivity index (χ3v) is 5.35. The smallest absolute Gasteiger partial charge is 0.0991 e. The summed E-state index contributed by atoms with van der Waals surface area (Å²) in [6.07, 6.45) is 2.13. The SMILES string of the molecule is CC.CSc1ccccc1C(C)C.N#Cc1ccc2ccccc2c1.N#Cc1ccccc1. The van der Waals surface area contributed by atoms with Gasteiger partial charge < -0.3 is 0 Å². The normalized spacial score (nSPS) is 9.09. The van der Waals surface area contributed by atoms with Gasteiger partial charge in [-0.15, -0.1) is 11.8 Å². The Morgan fingerprint density at radius 3 is 1.70 bits per heavy atom. The molecule has 4 aromatic rings. The van der Waals surface area contributed by atoms with Gasteiger partial charge in [0.1, 0.15) is 0 Å². The lowest BCUT2D eigenvalue weighted by Crippen LogP contribution is -1.88. The summed E-state index contributed by atoms with van der Waals surface area (Å²) in [6, 6.07) is 35.6. The van der Waals surface area contributed by atoms with Crippen molar-refractivity contribution in [3.05, 3.63) is 114 Å². The van der Waals surface area contributed by atoms with E-state index in [1.165, 1.54) is 15.8 Å². The molecular weight excluding hydrogens is 420 g/mol. The fourth-order valence-electron chi connectivity index (χ4n) is 2.91. The molecule has 2 nitrogen and oxygen atoms in total. The minimum absolute atomic E-state index is 0.638. The zero-order valence-electron chi connectivity index (χ0n) is 20.1. The minimum Gasteiger partial charge on any atom is -0.192 e. The van der Waals surface area contributed by atoms with E-state index >= 15 is 0 Å². The Hall–Kier alpha value is -3.53. The Morgan fingerprint density at radius 1 is 0.636 bits per heavy atom. The molecule has 168 valence electrons. The summed E-state index contributed by atoms with van der Waals surface area (Å²) in [6.45, 7) is 8.46. The second-order valence-corrected chi connectivity index (χ2v) is 7.90. The van der Waals surface area contributed by atoms with Crippen LogP contribution >= 0.6 is 11.8 Å². The summed E-state index contributed by atoms with van der Waals surface area (Å²) in [5, 5.41) is 19.2. The van der Waals surface area contributed by atoms with Crippen LogP contribution in [0, 0.1) is 22.7 Å². The molecule has 0 saturated heterocycles. The topological polar surface area (TPSA) is 47.6 Å². The Bertz CT molecular complexity index is 1170. The van der Waals surface area contributed by atoms with Crippen LogP contribution in [0.3, 0.4) is 0 Å². The monoisotopic (exact) mass is 452 g/mol. The van der Waals surface area contributed by atoms with Crippen molar-refractivity contribution < 1.29 is 0 Å². The quantitative estimate of drug-likeness (QED) is 0.285. The lowest BCUT2D eigenvalue weighted by Gasteiger charge is -2.09. The van der Waals surface area contributed by atoms with Gasteiger partial charge in [0.2, 0.25) is 0 Å². The molecule has 4 rings (SSSR count). The fourth-order valence-corrected chi connectivity index (χ4v) is 3.67. The van der Waals surface area contributed by atoms with E-state index in [1.54, 1.807) is 12.1 Å². The molecule has 4 aromatic carbocycles. The molecule has 0 aliphatic rings. The van der Waals surface area contributed by atoms with Crippen molar-refractivity contribution in [3.63, 3.8) is 0 Å². The van der Waals surface area contributed by atoms with Crippen molar-refractivity contribution in [1.82, 2.24) is 0 Å². The summed E-state index contributed by atoms with van der Waals surface area (Å²) in [5.74, 6) is 0.638. The first-order valence-electron chi connectivity index (χ1n) is 11.1. The summed E-state index contributed by atoms with van der Waals surface area (Å²) in [7, 11) is 0. The summed E-state index contributed by atoms with van der Waals surface area (Å²) in [4.78, 5) is 1.41. The van der Waals surface area contributed by atoms with Crippen molar-refractivity contribution in [1.29, 1.82) is 10.5 Å². The molecule has 33 heavy (non-hydrogen) atoms. The minimum atomic E-state index is 0.638. The number of rotatable bonds is 2. The van der Waals surface area contributed by atoms with Gasteiger partial charge in [0.15, 0.2) is 0 Å². The van der Waals surface area contributed by atoms with E-state index in [1.807, 2.05) is 92.3 Å². The van der Waals surface area contributed by atoms with Gasteiger partial charge in [-0.1, -0.05) is 94.4 Å². The third kappa shape index (κ3) is 9.65. The molecule has 0 bridgehead atoms. The number of fused-ring (bicyclic) bond motifs is 1. The van der Waals surface area contributed by atoms with Crippen LogP contribution in [0.2, 0.25) is 0 Å². The van der Waals surface area contributed by atoms with Gasteiger partial charge in [-0.05, 0) is 58.8 Å². The second-order valence-electron chi connectivity index (χ2n) is 7.05. The number of nitriles is 2. The van der Waals surface area contributed by atoms with Crippen molar-refractivity contribution in [2.45, 2.75) is 38.5 Å². The van der Waals surface area contributed by atoms with Crippen LogP contribution in [-0.4, -0.2) is 6.26 Å². The van der Waals surface area contributed by atoms with E-state index in [2.05, 4.69) is 50.4 Å². The molecule has 0 aromatic heterocycles. The first-order valence-corrected chi connectivity index (χ1v) is 12.3. The van der Waals surface area contributed by atoms with E-state index in [-0.39, 0.29) is 0 Å². The molecule has 0 radical (unpaired) electrons. The highest BCUT2D eigenvalue weighted by atomic mass is 32.2. The number of hydrogen-bond acceptors (Lipinski definition) is 3. The molecule has 0 aliphatic carbocycles. The van der Waals surface area contributed by atoms with E-state index in [4.69, 9.17) is 10.5 Å². The van der Waals surface area contributed by atoms with Gasteiger partial charge >= 0.3 is 0 Å². The van der Waals surface area contributed by atoms with Gasteiger partial charge in [-0.3, -0.25) is 0 Å². The third-order valence-electron chi connectivity index (χ3n) is 4.54. The molecule has 0 unspecified atom stereocenters. The Kier molecular flexibility index (Phi) is 13.5. The molecule has 0 amide bonds. The van der Waals surface area contributed by atoms with Crippen LogP contribution in [0.15, 0.2) is 102 Å². The fraction of sp³-hybridized carbons (Fsp3) is 0.200. The molecule has 0 fully saturated rings. The maximum atomic E-state index is 8.65. The summed E-state index contributed by atoms with van der Waals surface area (Å²) < 4.78 is 0. The highest BCUT2D eigenvalue weighted by molar-refractivity contribution is 7.98. The highest BCUT2D eigenvalue weighted by Gasteiger charge is 2.02. The number of benzene rings is 4. The molecule has 0 saturated carbocycles. The van der Waals surface area contributed by atoms with Gasteiger partial charge in [-0.2, -0.15) is 10.5 Å². The Morgan fingerprint density at radius 2 is 1.18 bits per heavy atom. The lowest BCUT2D eigenvalue weighted by molar-refractivity contribution is 0.842. The molecule has 0 atom stereocenters. The predicted octanol–water partition coefficient (Wildman–Crippen LogP) is 8.83. The zero-order valence-corrected chi connectivity index (χ0v) is 20.9. The highest BCUT2D eigenvalue weighted by Crippen LogP contribution is 2.26. The van der Waals surface area contributed by atoms with E-state index in [9.17, 15) is 0 Å². The van der Waals surface area contributed by atoms with Crippen LogP contribution in [0.5, 0.6) is 0 Å². The average molecular weight is 453 g/mol. The molecule has 3 heteroatoms. The molecule has 0 N–H and O–H groups in total. The van der Waals surface area contributed by atoms with E-state index < -0.39 is 0 Å². The second kappa shape index (κ2) is 16.2. The number of hydrogen-bond donors (Lipinski definition) is 0. The van der Waals surface area contributed by atoms with Crippen LogP contribution < -0.4 is 0 Å². The largest absolute Gasteiger partial charge is 0.192 e. The molecule has 0 heterocycles. The van der Waals surface area contributed by atoms with Crippen LogP contribution in [-0.2, 0) is 0 Å². The Labute approximate surface area is 203 Å². The molecular formula is C30H32N2S. The predicted molar refractivity (Wildman–Crippen MR) is 143 cm³/mol. The molecule has 0 aliphatic heterocycles. The van der Waals surface area contributed by atoms with Crippen molar-refractivity contribution >= 4 is 22.5 Å². The van der Waals surface area contributed by atoms with Crippen molar-refractivity contribution in [2.75, 3.05) is 6.26 Å². The lowest BCUT2D eigenvalue weighted by atomic mass is 10.0. The van der Waals surface area contributed by atoms with Gasteiger partial charge in [0.25, 0.3) is 0 Å². The molecule has 0 spiro atoms. The van der Waals surface area contributed by atoms with Gasteiger partial charge in [0.05, 0.1) is 23.3 Å². The van der Waals surface area contributed by atoms with Crippen LogP contribution in [0.1, 0.15) is 50.3 Å². The van der Waals surface area contributed by atoms with E-state index in [0.717, 1.165) is 5.39 Å². The average Bonchev–Trinajstić information content (AvgIpc) is 2.90. The summed E-state index contributed by atoms with van der Waals surface area (Å²) in [5.41, 5.74) is 2.89.